The van der Waals surface area contributed by atoms with Gasteiger partial charge in [-0.3, -0.25) is 4.90 Å². The number of aromatic nitrogens is 2. The number of rotatable bonds is 8. The molecular weight excluding hydrogens is 270 g/mol. The van der Waals surface area contributed by atoms with Gasteiger partial charge in [0.15, 0.2) is 0 Å². The van der Waals surface area contributed by atoms with E-state index in [0.717, 1.165) is 5.56 Å². The first kappa shape index (κ1) is 15.6. The number of aliphatic hydroxyl groups is 1. The standard InChI is InChI=1S/C15H21N3O3/c1-12-16-17-15(21-12)9-18(2)8-14(19)11-20-10-13-6-4-3-5-7-13/h3-7,14,19H,8-11H2,1-2H3. The Kier molecular flexibility index (Phi) is 5.86. The van der Waals surface area contributed by atoms with Crippen LogP contribution in [-0.2, 0) is 17.9 Å². The van der Waals surface area contributed by atoms with E-state index in [9.17, 15) is 5.11 Å². The second-order valence-electron chi connectivity index (χ2n) is 5.07. The van der Waals surface area contributed by atoms with Crippen LogP contribution in [0.4, 0.5) is 0 Å². The number of likely N-dealkylation sites (N-methyl/N-ethyl adjacent to an activating group) is 1. The lowest BCUT2D eigenvalue weighted by atomic mass is 10.2. The Bertz CT molecular complexity index is 530. The van der Waals surface area contributed by atoms with Gasteiger partial charge in [-0.15, -0.1) is 10.2 Å². The lowest BCUT2D eigenvalue weighted by Gasteiger charge is -2.18. The Morgan fingerprint density at radius 3 is 2.71 bits per heavy atom. The maximum atomic E-state index is 9.95. The summed E-state index contributed by atoms with van der Waals surface area (Å²) in [5.74, 6) is 1.09. The largest absolute Gasteiger partial charge is 0.424 e. The fourth-order valence-electron chi connectivity index (χ4n) is 2.00. The lowest BCUT2D eigenvalue weighted by molar-refractivity contribution is 0.0117. The highest BCUT2D eigenvalue weighted by Gasteiger charge is 2.11. The highest BCUT2D eigenvalue weighted by Crippen LogP contribution is 2.04. The first-order valence-corrected chi connectivity index (χ1v) is 6.90. The van der Waals surface area contributed by atoms with Crippen molar-refractivity contribution in [3.8, 4) is 0 Å². The van der Waals surface area contributed by atoms with Crippen LogP contribution < -0.4 is 0 Å². The van der Waals surface area contributed by atoms with Crippen molar-refractivity contribution in [3.05, 3.63) is 47.7 Å². The summed E-state index contributed by atoms with van der Waals surface area (Å²) >= 11 is 0. The normalized spacial score (nSPS) is 12.8. The minimum Gasteiger partial charge on any atom is -0.424 e. The highest BCUT2D eigenvalue weighted by molar-refractivity contribution is 5.13. The summed E-state index contributed by atoms with van der Waals surface area (Å²) < 4.78 is 10.8. The van der Waals surface area contributed by atoms with Crippen LogP contribution in [0.2, 0.25) is 0 Å². The van der Waals surface area contributed by atoms with E-state index in [1.54, 1.807) is 6.92 Å². The van der Waals surface area contributed by atoms with E-state index in [-0.39, 0.29) is 0 Å². The summed E-state index contributed by atoms with van der Waals surface area (Å²) in [5, 5.41) is 17.6. The number of ether oxygens (including phenoxy) is 1. The fraction of sp³-hybridized carbons (Fsp3) is 0.467. The molecule has 0 radical (unpaired) electrons. The Hall–Kier alpha value is -1.76. The Balaban J connectivity index is 1.65. The topological polar surface area (TPSA) is 71.6 Å². The third-order valence-corrected chi connectivity index (χ3v) is 2.92. The zero-order valence-electron chi connectivity index (χ0n) is 12.4. The summed E-state index contributed by atoms with van der Waals surface area (Å²) in [6.07, 6.45) is -0.553. The molecule has 0 fully saturated rings. The third-order valence-electron chi connectivity index (χ3n) is 2.92. The third kappa shape index (κ3) is 5.63. The molecule has 114 valence electrons. The van der Waals surface area contributed by atoms with Crippen molar-refractivity contribution in [1.29, 1.82) is 0 Å². The van der Waals surface area contributed by atoms with Crippen molar-refractivity contribution in [3.63, 3.8) is 0 Å². The summed E-state index contributed by atoms with van der Waals surface area (Å²) in [7, 11) is 1.89. The maximum absolute atomic E-state index is 9.95. The molecule has 6 heteroatoms. The summed E-state index contributed by atoms with van der Waals surface area (Å²) in [5.41, 5.74) is 1.10. The minimum atomic E-state index is -0.553. The molecular formula is C15H21N3O3. The second kappa shape index (κ2) is 7.87. The van der Waals surface area contributed by atoms with Gasteiger partial charge in [-0.2, -0.15) is 0 Å². The molecule has 1 aromatic carbocycles. The first-order valence-electron chi connectivity index (χ1n) is 6.90. The van der Waals surface area contributed by atoms with Gasteiger partial charge in [-0.25, -0.2) is 0 Å². The Morgan fingerprint density at radius 2 is 2.05 bits per heavy atom. The van der Waals surface area contributed by atoms with Gasteiger partial charge in [0.1, 0.15) is 0 Å². The summed E-state index contributed by atoms with van der Waals surface area (Å²) in [6.45, 7) is 3.54. The average molecular weight is 291 g/mol. The van der Waals surface area contributed by atoms with Gasteiger partial charge in [0.05, 0.1) is 25.9 Å². The molecule has 1 unspecified atom stereocenters. The second-order valence-corrected chi connectivity index (χ2v) is 5.07. The van der Waals surface area contributed by atoms with E-state index in [4.69, 9.17) is 9.15 Å². The maximum Gasteiger partial charge on any atom is 0.230 e. The highest BCUT2D eigenvalue weighted by atomic mass is 16.5. The SMILES string of the molecule is Cc1nnc(CN(C)CC(O)COCc2ccccc2)o1. The van der Waals surface area contributed by atoms with Crippen LogP contribution in [-0.4, -0.2) is 46.5 Å². The van der Waals surface area contributed by atoms with Crippen molar-refractivity contribution in [1.82, 2.24) is 15.1 Å². The van der Waals surface area contributed by atoms with E-state index in [1.807, 2.05) is 42.3 Å². The first-order chi connectivity index (χ1) is 10.1. The van der Waals surface area contributed by atoms with Gasteiger partial charge in [0.25, 0.3) is 0 Å². The van der Waals surface area contributed by atoms with E-state index in [1.165, 1.54) is 0 Å². The van der Waals surface area contributed by atoms with Gasteiger partial charge in [0.2, 0.25) is 11.8 Å². The number of hydrogen-bond donors (Lipinski definition) is 1. The average Bonchev–Trinajstić information content (AvgIpc) is 2.85. The van der Waals surface area contributed by atoms with Gasteiger partial charge in [0, 0.05) is 13.5 Å². The molecule has 1 atom stereocenters. The zero-order chi connectivity index (χ0) is 15.1. The molecule has 0 saturated carbocycles. The molecule has 21 heavy (non-hydrogen) atoms. The van der Waals surface area contributed by atoms with Crippen LogP contribution in [0.1, 0.15) is 17.3 Å². The van der Waals surface area contributed by atoms with Crippen molar-refractivity contribution in [2.75, 3.05) is 20.2 Å². The van der Waals surface area contributed by atoms with Gasteiger partial charge < -0.3 is 14.3 Å². The molecule has 2 aromatic rings. The predicted molar refractivity (Wildman–Crippen MR) is 77.5 cm³/mol. The molecule has 1 aromatic heterocycles. The lowest BCUT2D eigenvalue weighted by Crippen LogP contribution is -2.32. The number of aliphatic hydroxyl groups excluding tert-OH is 1. The van der Waals surface area contributed by atoms with Crippen molar-refractivity contribution >= 4 is 0 Å². The summed E-state index contributed by atoms with van der Waals surface area (Å²) in [6, 6.07) is 9.89. The van der Waals surface area contributed by atoms with Crippen LogP contribution >= 0.6 is 0 Å². The molecule has 0 aliphatic rings. The Labute approximate surface area is 124 Å². The van der Waals surface area contributed by atoms with E-state index in [2.05, 4.69) is 10.2 Å². The zero-order valence-corrected chi connectivity index (χ0v) is 12.4. The van der Waals surface area contributed by atoms with Crippen LogP contribution in [0, 0.1) is 6.92 Å². The van der Waals surface area contributed by atoms with E-state index < -0.39 is 6.10 Å². The van der Waals surface area contributed by atoms with E-state index in [0.29, 0.717) is 38.1 Å². The molecule has 1 N–H and O–H groups in total. The molecule has 0 aliphatic carbocycles. The predicted octanol–water partition coefficient (Wildman–Crippen LogP) is 1.39. The number of nitrogens with zero attached hydrogens (tertiary/aromatic N) is 3. The molecule has 1 heterocycles. The number of hydrogen-bond acceptors (Lipinski definition) is 6. The van der Waals surface area contributed by atoms with Crippen LogP contribution in [0.3, 0.4) is 0 Å². The van der Waals surface area contributed by atoms with Crippen LogP contribution in [0.5, 0.6) is 0 Å². The molecule has 0 saturated heterocycles. The van der Waals surface area contributed by atoms with Crippen molar-refractivity contribution in [2.24, 2.45) is 0 Å². The van der Waals surface area contributed by atoms with Crippen LogP contribution in [0.15, 0.2) is 34.7 Å². The van der Waals surface area contributed by atoms with E-state index >= 15 is 0 Å². The molecule has 0 bridgehead atoms. The van der Waals surface area contributed by atoms with Gasteiger partial charge in [-0.05, 0) is 12.6 Å². The van der Waals surface area contributed by atoms with Crippen molar-refractivity contribution in [2.45, 2.75) is 26.2 Å². The van der Waals surface area contributed by atoms with Gasteiger partial charge in [-0.1, -0.05) is 30.3 Å². The quantitative estimate of drug-likeness (QED) is 0.792. The number of aryl methyl sites for hydroxylation is 1. The minimum absolute atomic E-state index is 0.294. The molecule has 2 rings (SSSR count). The van der Waals surface area contributed by atoms with Crippen LogP contribution in [0.25, 0.3) is 0 Å². The monoisotopic (exact) mass is 291 g/mol. The molecule has 0 amide bonds. The fourth-order valence-corrected chi connectivity index (χ4v) is 2.00. The number of benzene rings is 1. The Morgan fingerprint density at radius 1 is 1.29 bits per heavy atom. The smallest absolute Gasteiger partial charge is 0.230 e. The molecule has 0 aliphatic heterocycles. The van der Waals surface area contributed by atoms with Crippen molar-refractivity contribution < 1.29 is 14.3 Å². The summed E-state index contributed by atoms with van der Waals surface area (Å²) in [4.78, 5) is 1.92. The molecule has 0 spiro atoms. The van der Waals surface area contributed by atoms with Gasteiger partial charge >= 0.3 is 0 Å². The molecule has 6 nitrogen and oxygen atoms in total.